The van der Waals surface area contributed by atoms with Gasteiger partial charge in [0.05, 0.1) is 24.3 Å². The summed E-state index contributed by atoms with van der Waals surface area (Å²) in [5.74, 6) is 0. The molecule has 0 saturated heterocycles. The Bertz CT molecular complexity index is 674. The first kappa shape index (κ1) is 11.7. The van der Waals surface area contributed by atoms with Crippen molar-refractivity contribution in [2.45, 2.75) is 6.61 Å². The molecule has 0 aliphatic carbocycles. The number of H-pyrrole nitrogens is 1. The van der Waals surface area contributed by atoms with E-state index in [0.29, 0.717) is 0 Å². The third-order valence-electron chi connectivity index (χ3n) is 3.08. The summed E-state index contributed by atoms with van der Waals surface area (Å²) in [6.45, 7) is 0.0406. The van der Waals surface area contributed by atoms with Crippen LogP contribution in [0.5, 0.6) is 0 Å². The van der Waals surface area contributed by atoms with Crippen molar-refractivity contribution in [3.8, 4) is 22.5 Å². The number of aliphatic hydroxyl groups is 1. The van der Waals surface area contributed by atoms with Gasteiger partial charge in [-0.15, -0.1) is 0 Å². The lowest BCUT2D eigenvalue weighted by Crippen LogP contribution is -1.87. The molecule has 0 amide bonds. The van der Waals surface area contributed by atoms with E-state index in [1.165, 1.54) is 0 Å². The smallest absolute Gasteiger partial charge is 0.0961 e. The van der Waals surface area contributed by atoms with Gasteiger partial charge < -0.3 is 10.1 Å². The van der Waals surface area contributed by atoms with Gasteiger partial charge in [-0.05, 0) is 11.6 Å². The molecule has 94 valence electrons. The number of imidazole rings is 1. The number of hydrogen-bond donors (Lipinski definition) is 2. The van der Waals surface area contributed by atoms with Crippen LogP contribution in [0, 0.1) is 0 Å². The van der Waals surface area contributed by atoms with Gasteiger partial charge >= 0.3 is 0 Å². The van der Waals surface area contributed by atoms with E-state index in [2.05, 4.69) is 9.97 Å². The highest BCUT2D eigenvalue weighted by Crippen LogP contribution is 2.29. The molecule has 0 aliphatic heterocycles. The van der Waals surface area contributed by atoms with Crippen LogP contribution in [0.1, 0.15) is 5.56 Å². The molecule has 0 aliphatic rings. The molecular weight excluding hydrogens is 236 g/mol. The van der Waals surface area contributed by atoms with E-state index in [0.717, 1.165) is 28.1 Å². The highest BCUT2D eigenvalue weighted by Gasteiger charge is 2.10. The van der Waals surface area contributed by atoms with E-state index in [9.17, 15) is 5.11 Å². The zero-order valence-electron chi connectivity index (χ0n) is 10.4. The van der Waals surface area contributed by atoms with Crippen molar-refractivity contribution < 1.29 is 5.11 Å². The van der Waals surface area contributed by atoms with Crippen LogP contribution in [-0.4, -0.2) is 15.1 Å². The third kappa shape index (κ3) is 2.28. The summed E-state index contributed by atoms with van der Waals surface area (Å²) in [6.07, 6.45) is 1.70. The van der Waals surface area contributed by atoms with Crippen molar-refractivity contribution in [3.05, 3.63) is 66.5 Å². The molecule has 0 unspecified atom stereocenters. The molecule has 1 aromatic heterocycles. The summed E-state index contributed by atoms with van der Waals surface area (Å²) in [6, 6.07) is 17.9. The van der Waals surface area contributed by atoms with Gasteiger partial charge in [0.1, 0.15) is 0 Å². The monoisotopic (exact) mass is 250 g/mol. The zero-order valence-corrected chi connectivity index (χ0v) is 10.4. The van der Waals surface area contributed by atoms with Gasteiger partial charge in [-0.25, -0.2) is 4.98 Å². The molecule has 19 heavy (non-hydrogen) atoms. The number of nitrogens with one attached hydrogen (secondary N) is 1. The van der Waals surface area contributed by atoms with Crippen LogP contribution in [0.25, 0.3) is 22.5 Å². The Morgan fingerprint density at radius 1 is 0.947 bits per heavy atom. The highest BCUT2D eigenvalue weighted by molar-refractivity contribution is 5.78. The molecule has 0 atom stereocenters. The van der Waals surface area contributed by atoms with Crippen LogP contribution in [-0.2, 0) is 6.61 Å². The topological polar surface area (TPSA) is 48.9 Å². The highest BCUT2D eigenvalue weighted by atomic mass is 16.3. The van der Waals surface area contributed by atoms with Crippen molar-refractivity contribution in [1.82, 2.24) is 9.97 Å². The van der Waals surface area contributed by atoms with Gasteiger partial charge in [-0.1, -0.05) is 48.5 Å². The number of benzene rings is 2. The first-order chi connectivity index (χ1) is 9.38. The Hall–Kier alpha value is -2.39. The van der Waals surface area contributed by atoms with Gasteiger partial charge in [0, 0.05) is 11.1 Å². The standard InChI is InChI=1S/C16H14N2O/c19-10-12-5-4-8-14(9-12)16-15(17-11-18-16)13-6-2-1-3-7-13/h1-9,11,19H,10H2,(H,17,18). The van der Waals surface area contributed by atoms with Gasteiger partial charge in [-0.2, -0.15) is 0 Å². The Morgan fingerprint density at radius 2 is 1.74 bits per heavy atom. The summed E-state index contributed by atoms with van der Waals surface area (Å²) >= 11 is 0. The SMILES string of the molecule is OCc1cccc(-c2nc[nH]c2-c2ccccc2)c1. The van der Waals surface area contributed by atoms with Crippen molar-refractivity contribution in [2.75, 3.05) is 0 Å². The van der Waals surface area contributed by atoms with Crippen molar-refractivity contribution >= 4 is 0 Å². The lowest BCUT2D eigenvalue weighted by molar-refractivity contribution is 0.282. The number of hydrogen-bond acceptors (Lipinski definition) is 2. The molecule has 0 fully saturated rings. The van der Waals surface area contributed by atoms with Crippen molar-refractivity contribution in [2.24, 2.45) is 0 Å². The van der Waals surface area contributed by atoms with Crippen LogP contribution < -0.4 is 0 Å². The number of aliphatic hydroxyl groups excluding tert-OH is 1. The first-order valence-electron chi connectivity index (χ1n) is 6.17. The maximum absolute atomic E-state index is 9.22. The molecule has 0 saturated carbocycles. The van der Waals surface area contributed by atoms with Gasteiger partial charge in [-0.3, -0.25) is 0 Å². The maximum atomic E-state index is 9.22. The second-order valence-electron chi connectivity index (χ2n) is 4.35. The van der Waals surface area contributed by atoms with Crippen LogP contribution in [0.3, 0.4) is 0 Å². The fourth-order valence-corrected chi connectivity index (χ4v) is 2.16. The van der Waals surface area contributed by atoms with Crippen LogP contribution in [0.4, 0.5) is 0 Å². The minimum Gasteiger partial charge on any atom is -0.392 e. The van der Waals surface area contributed by atoms with Crippen molar-refractivity contribution in [3.63, 3.8) is 0 Å². The van der Waals surface area contributed by atoms with Crippen LogP contribution in [0.15, 0.2) is 60.9 Å². The molecule has 3 aromatic rings. The Labute approximate surface area is 111 Å². The van der Waals surface area contributed by atoms with E-state index >= 15 is 0 Å². The average Bonchev–Trinajstić information content (AvgIpc) is 2.98. The molecule has 0 bridgehead atoms. The van der Waals surface area contributed by atoms with Crippen LogP contribution >= 0.6 is 0 Å². The number of nitrogens with zero attached hydrogens (tertiary/aromatic N) is 1. The minimum atomic E-state index is 0.0406. The van der Waals surface area contributed by atoms with E-state index in [1.807, 2.05) is 54.6 Å². The molecule has 0 spiro atoms. The minimum absolute atomic E-state index is 0.0406. The number of aromatic nitrogens is 2. The molecule has 3 nitrogen and oxygen atoms in total. The van der Waals surface area contributed by atoms with Gasteiger partial charge in [0.15, 0.2) is 0 Å². The quantitative estimate of drug-likeness (QED) is 0.749. The summed E-state index contributed by atoms with van der Waals surface area (Å²) in [7, 11) is 0. The summed E-state index contributed by atoms with van der Waals surface area (Å²) in [4.78, 5) is 7.59. The Kier molecular flexibility index (Phi) is 3.12. The van der Waals surface area contributed by atoms with E-state index < -0.39 is 0 Å². The van der Waals surface area contributed by atoms with Crippen LogP contribution in [0.2, 0.25) is 0 Å². The fraction of sp³-hybridized carbons (Fsp3) is 0.0625. The molecular formula is C16H14N2O. The van der Waals surface area contributed by atoms with E-state index in [-0.39, 0.29) is 6.61 Å². The van der Waals surface area contributed by atoms with Crippen molar-refractivity contribution in [1.29, 1.82) is 0 Å². The second-order valence-corrected chi connectivity index (χ2v) is 4.35. The normalized spacial score (nSPS) is 10.6. The maximum Gasteiger partial charge on any atom is 0.0961 e. The zero-order chi connectivity index (χ0) is 13.1. The summed E-state index contributed by atoms with van der Waals surface area (Å²) in [5.41, 5.74) is 4.90. The average molecular weight is 250 g/mol. The lowest BCUT2D eigenvalue weighted by atomic mass is 10.0. The number of rotatable bonds is 3. The Morgan fingerprint density at radius 3 is 2.53 bits per heavy atom. The third-order valence-corrected chi connectivity index (χ3v) is 3.08. The summed E-state index contributed by atoms with van der Waals surface area (Å²) in [5, 5.41) is 9.22. The lowest BCUT2D eigenvalue weighted by Gasteiger charge is -2.04. The first-order valence-corrected chi connectivity index (χ1v) is 6.17. The fourth-order valence-electron chi connectivity index (χ4n) is 2.16. The second kappa shape index (κ2) is 5.08. The molecule has 0 radical (unpaired) electrons. The van der Waals surface area contributed by atoms with Gasteiger partial charge in [0.2, 0.25) is 0 Å². The molecule has 2 aromatic carbocycles. The summed E-state index contributed by atoms with van der Waals surface area (Å²) < 4.78 is 0. The predicted octanol–water partition coefficient (Wildman–Crippen LogP) is 3.24. The molecule has 3 rings (SSSR count). The van der Waals surface area contributed by atoms with Gasteiger partial charge in [0.25, 0.3) is 0 Å². The number of aromatic amines is 1. The molecule has 1 heterocycles. The largest absolute Gasteiger partial charge is 0.392 e. The molecule has 2 N–H and O–H groups in total. The van der Waals surface area contributed by atoms with E-state index in [1.54, 1.807) is 6.33 Å². The van der Waals surface area contributed by atoms with E-state index in [4.69, 9.17) is 0 Å². The Balaban J connectivity index is 2.09. The predicted molar refractivity (Wildman–Crippen MR) is 75.4 cm³/mol. The molecule has 3 heteroatoms.